The molecule has 1 atom stereocenters. The Labute approximate surface area is 126 Å². The molecule has 0 aromatic carbocycles. The topological polar surface area (TPSA) is 117 Å². The molecular formula is C12H16ClN5O3. The zero-order valence-corrected chi connectivity index (χ0v) is 12.3. The van der Waals surface area contributed by atoms with Gasteiger partial charge in [-0.1, -0.05) is 11.6 Å². The second kappa shape index (κ2) is 7.55. The van der Waals surface area contributed by atoms with E-state index in [1.165, 1.54) is 23.2 Å². The minimum Gasteiger partial charge on any atom is -0.347 e. The molecule has 0 saturated carbocycles. The second-order valence-corrected chi connectivity index (χ2v) is 4.80. The lowest BCUT2D eigenvalue weighted by molar-refractivity contribution is -0.136. The number of halogens is 1. The molecule has 0 spiro atoms. The van der Waals surface area contributed by atoms with Crippen molar-refractivity contribution < 1.29 is 14.4 Å². The SMILES string of the molecule is CN(C)C(=O)[C@@H](N)CNC(=O)C(=O)Nc1ccc(Cl)cn1. The summed E-state index contributed by atoms with van der Waals surface area (Å²) in [6.07, 6.45) is 1.33. The minimum absolute atomic E-state index is 0.142. The summed E-state index contributed by atoms with van der Waals surface area (Å²) in [4.78, 5) is 39.7. The summed E-state index contributed by atoms with van der Waals surface area (Å²) in [5, 5.41) is 4.97. The van der Waals surface area contributed by atoms with E-state index in [-0.39, 0.29) is 18.3 Å². The predicted octanol–water partition coefficient (Wildman–Crippen LogP) is -0.795. The number of carbonyl (C=O) groups excluding carboxylic acids is 3. The number of pyridine rings is 1. The van der Waals surface area contributed by atoms with E-state index >= 15 is 0 Å². The molecule has 0 bridgehead atoms. The Morgan fingerprint density at radius 3 is 2.52 bits per heavy atom. The van der Waals surface area contributed by atoms with Crippen molar-refractivity contribution in [2.24, 2.45) is 5.73 Å². The van der Waals surface area contributed by atoms with Crippen LogP contribution in [0.1, 0.15) is 0 Å². The number of likely N-dealkylation sites (N-methyl/N-ethyl adjacent to an activating group) is 1. The van der Waals surface area contributed by atoms with Crippen molar-refractivity contribution in [3.8, 4) is 0 Å². The van der Waals surface area contributed by atoms with Crippen LogP contribution in [0.4, 0.5) is 5.82 Å². The minimum atomic E-state index is -0.912. The molecule has 0 saturated heterocycles. The highest BCUT2D eigenvalue weighted by atomic mass is 35.5. The normalized spacial score (nSPS) is 11.4. The van der Waals surface area contributed by atoms with E-state index in [4.69, 9.17) is 17.3 Å². The average molecular weight is 314 g/mol. The maximum atomic E-state index is 11.6. The van der Waals surface area contributed by atoms with Crippen LogP contribution in [0.15, 0.2) is 18.3 Å². The zero-order chi connectivity index (χ0) is 16.0. The lowest BCUT2D eigenvalue weighted by Crippen LogP contribution is -2.49. The molecule has 0 radical (unpaired) electrons. The van der Waals surface area contributed by atoms with Crippen molar-refractivity contribution >= 4 is 35.1 Å². The Balaban J connectivity index is 2.46. The number of carbonyl (C=O) groups is 3. The van der Waals surface area contributed by atoms with Gasteiger partial charge in [0.25, 0.3) is 0 Å². The van der Waals surface area contributed by atoms with Gasteiger partial charge in [0, 0.05) is 26.8 Å². The number of rotatable bonds is 4. The third-order valence-electron chi connectivity index (χ3n) is 2.42. The fourth-order valence-corrected chi connectivity index (χ4v) is 1.44. The molecule has 1 heterocycles. The molecule has 3 amide bonds. The number of hydrogen-bond donors (Lipinski definition) is 3. The van der Waals surface area contributed by atoms with E-state index in [0.717, 1.165) is 0 Å². The molecule has 1 rings (SSSR count). The third-order valence-corrected chi connectivity index (χ3v) is 2.64. The molecule has 9 heteroatoms. The van der Waals surface area contributed by atoms with Crippen LogP contribution in [0.2, 0.25) is 5.02 Å². The first kappa shape index (κ1) is 16.9. The van der Waals surface area contributed by atoms with Crippen LogP contribution in [0, 0.1) is 0 Å². The number of amides is 3. The smallest absolute Gasteiger partial charge is 0.314 e. The van der Waals surface area contributed by atoms with Gasteiger partial charge in [-0.05, 0) is 12.1 Å². The van der Waals surface area contributed by atoms with Crippen molar-refractivity contribution in [1.29, 1.82) is 0 Å². The highest BCUT2D eigenvalue weighted by Crippen LogP contribution is 2.09. The van der Waals surface area contributed by atoms with Gasteiger partial charge in [0.15, 0.2) is 0 Å². The van der Waals surface area contributed by atoms with E-state index in [2.05, 4.69) is 15.6 Å². The van der Waals surface area contributed by atoms with E-state index in [0.29, 0.717) is 5.02 Å². The highest BCUT2D eigenvalue weighted by molar-refractivity contribution is 6.39. The van der Waals surface area contributed by atoms with Crippen LogP contribution in [0.5, 0.6) is 0 Å². The fraction of sp³-hybridized carbons (Fsp3) is 0.333. The van der Waals surface area contributed by atoms with Gasteiger partial charge in [-0.3, -0.25) is 14.4 Å². The van der Waals surface area contributed by atoms with Crippen molar-refractivity contribution in [2.45, 2.75) is 6.04 Å². The quantitative estimate of drug-likeness (QED) is 0.629. The Morgan fingerprint density at radius 2 is 2.00 bits per heavy atom. The fourth-order valence-electron chi connectivity index (χ4n) is 1.32. The molecule has 4 N–H and O–H groups in total. The van der Waals surface area contributed by atoms with Crippen LogP contribution >= 0.6 is 11.6 Å². The number of nitrogens with one attached hydrogen (secondary N) is 2. The van der Waals surface area contributed by atoms with Crippen LogP contribution in [0.3, 0.4) is 0 Å². The molecule has 0 fully saturated rings. The standard InChI is InChI=1S/C12H16ClN5O3/c1-18(2)12(21)8(14)6-16-10(19)11(20)17-9-4-3-7(13)5-15-9/h3-5,8H,6,14H2,1-2H3,(H,16,19)(H,15,17,20)/t8-/m0/s1. The van der Waals surface area contributed by atoms with Crippen LogP contribution in [0.25, 0.3) is 0 Å². The van der Waals surface area contributed by atoms with Gasteiger partial charge >= 0.3 is 11.8 Å². The molecule has 1 aromatic heterocycles. The van der Waals surface area contributed by atoms with Gasteiger partial charge in [-0.15, -0.1) is 0 Å². The van der Waals surface area contributed by atoms with E-state index in [9.17, 15) is 14.4 Å². The lowest BCUT2D eigenvalue weighted by atomic mass is 10.3. The van der Waals surface area contributed by atoms with Gasteiger partial charge in [-0.25, -0.2) is 4.98 Å². The number of aromatic nitrogens is 1. The van der Waals surface area contributed by atoms with Gasteiger partial charge in [0.05, 0.1) is 5.02 Å². The first-order valence-electron chi connectivity index (χ1n) is 5.98. The average Bonchev–Trinajstić information content (AvgIpc) is 2.45. The number of anilines is 1. The monoisotopic (exact) mass is 313 g/mol. The van der Waals surface area contributed by atoms with E-state index in [1.807, 2.05) is 0 Å². The third kappa shape index (κ3) is 5.36. The first-order valence-corrected chi connectivity index (χ1v) is 6.36. The van der Waals surface area contributed by atoms with E-state index in [1.54, 1.807) is 14.1 Å². The van der Waals surface area contributed by atoms with Gasteiger partial charge in [0.2, 0.25) is 5.91 Å². The summed E-state index contributed by atoms with van der Waals surface area (Å²) < 4.78 is 0. The molecular weight excluding hydrogens is 298 g/mol. The van der Waals surface area contributed by atoms with Crippen molar-refractivity contribution in [3.05, 3.63) is 23.4 Å². The Kier molecular flexibility index (Phi) is 6.07. The van der Waals surface area contributed by atoms with Gasteiger partial charge in [-0.2, -0.15) is 0 Å². The summed E-state index contributed by atoms with van der Waals surface area (Å²) in [5.74, 6) is -1.98. The predicted molar refractivity (Wildman–Crippen MR) is 77.6 cm³/mol. The summed E-state index contributed by atoms with van der Waals surface area (Å²) in [6.45, 7) is -0.142. The maximum absolute atomic E-state index is 11.6. The number of nitrogens with two attached hydrogens (primary N) is 1. The Morgan fingerprint density at radius 1 is 1.33 bits per heavy atom. The molecule has 0 aliphatic rings. The zero-order valence-electron chi connectivity index (χ0n) is 11.6. The first-order chi connectivity index (χ1) is 9.81. The highest BCUT2D eigenvalue weighted by Gasteiger charge is 2.19. The molecule has 21 heavy (non-hydrogen) atoms. The summed E-state index contributed by atoms with van der Waals surface area (Å²) >= 11 is 5.65. The summed E-state index contributed by atoms with van der Waals surface area (Å²) in [5.41, 5.74) is 5.57. The maximum Gasteiger partial charge on any atom is 0.314 e. The molecule has 0 aliphatic heterocycles. The summed E-state index contributed by atoms with van der Waals surface area (Å²) in [7, 11) is 3.09. The molecule has 8 nitrogen and oxygen atoms in total. The van der Waals surface area contributed by atoms with Crippen molar-refractivity contribution in [1.82, 2.24) is 15.2 Å². The molecule has 1 aromatic rings. The largest absolute Gasteiger partial charge is 0.347 e. The van der Waals surface area contributed by atoms with Crippen LogP contribution < -0.4 is 16.4 Å². The van der Waals surface area contributed by atoms with Gasteiger partial charge in [0.1, 0.15) is 11.9 Å². The van der Waals surface area contributed by atoms with E-state index < -0.39 is 17.9 Å². The second-order valence-electron chi connectivity index (χ2n) is 4.36. The molecule has 0 aliphatic carbocycles. The van der Waals surface area contributed by atoms with Crippen LogP contribution in [-0.4, -0.2) is 54.3 Å². The van der Waals surface area contributed by atoms with Crippen LogP contribution in [-0.2, 0) is 14.4 Å². The molecule has 0 unspecified atom stereocenters. The van der Waals surface area contributed by atoms with Gasteiger partial charge < -0.3 is 21.3 Å². The van der Waals surface area contributed by atoms with Crippen molar-refractivity contribution in [3.63, 3.8) is 0 Å². The Bertz CT molecular complexity index is 532. The lowest BCUT2D eigenvalue weighted by Gasteiger charge is -2.16. The Hall–Kier alpha value is -2.19. The van der Waals surface area contributed by atoms with Crippen molar-refractivity contribution in [2.75, 3.05) is 26.0 Å². The number of nitrogens with zero attached hydrogens (tertiary/aromatic N) is 2. The summed E-state index contributed by atoms with van der Waals surface area (Å²) in [6, 6.07) is 2.06. The number of hydrogen-bond acceptors (Lipinski definition) is 5. The molecule has 114 valence electrons.